The van der Waals surface area contributed by atoms with E-state index in [0.29, 0.717) is 5.69 Å². The van der Waals surface area contributed by atoms with Gasteiger partial charge in [0.05, 0.1) is 17.2 Å². The van der Waals surface area contributed by atoms with Crippen LogP contribution in [-0.4, -0.2) is 41.1 Å². The van der Waals surface area contributed by atoms with Crippen LogP contribution in [0.5, 0.6) is 0 Å². The minimum absolute atomic E-state index is 0.0591. The van der Waals surface area contributed by atoms with Crippen molar-refractivity contribution in [3.05, 3.63) is 63.1 Å². The number of carbonyl (C=O) groups is 3. The van der Waals surface area contributed by atoms with E-state index in [4.69, 9.17) is 4.74 Å². The number of rotatable bonds is 5. The molecule has 0 bridgehead atoms. The standard InChI is InChI=1S/C20H15BrN4O6/c1-2-31-20(28)16-15-17(24(22-16)12-9-7-11(21)8-10-12)19(27)23(18(15)26)13-5-3-4-6-14(13)25(29)30/h3-10,15,17H,2H2,1H3/t15-,17-/m1/s1. The van der Waals surface area contributed by atoms with Crippen LogP contribution in [0.2, 0.25) is 0 Å². The van der Waals surface area contributed by atoms with Crippen molar-refractivity contribution in [2.45, 2.75) is 13.0 Å². The third kappa shape index (κ3) is 3.36. The van der Waals surface area contributed by atoms with Gasteiger partial charge in [-0.05, 0) is 37.3 Å². The molecule has 158 valence electrons. The molecule has 2 aromatic rings. The molecule has 10 nitrogen and oxygen atoms in total. The monoisotopic (exact) mass is 486 g/mol. The number of benzene rings is 2. The van der Waals surface area contributed by atoms with Crippen LogP contribution in [0.1, 0.15) is 6.92 Å². The fourth-order valence-electron chi connectivity index (χ4n) is 3.64. The average Bonchev–Trinajstić information content (AvgIpc) is 3.26. The molecular formula is C20H15BrN4O6. The quantitative estimate of drug-likeness (QED) is 0.275. The van der Waals surface area contributed by atoms with Gasteiger partial charge in [-0.2, -0.15) is 5.10 Å². The van der Waals surface area contributed by atoms with Gasteiger partial charge in [0.15, 0.2) is 5.71 Å². The predicted octanol–water partition coefficient (Wildman–Crippen LogP) is 2.65. The summed E-state index contributed by atoms with van der Waals surface area (Å²) in [6.07, 6.45) is 0. The maximum absolute atomic E-state index is 13.4. The molecule has 0 saturated carbocycles. The molecule has 2 amide bonds. The zero-order valence-corrected chi connectivity index (χ0v) is 17.7. The Morgan fingerprint density at radius 1 is 1.16 bits per heavy atom. The van der Waals surface area contributed by atoms with Crippen molar-refractivity contribution in [3.8, 4) is 0 Å². The van der Waals surface area contributed by atoms with Crippen LogP contribution < -0.4 is 9.91 Å². The van der Waals surface area contributed by atoms with E-state index in [0.717, 1.165) is 9.37 Å². The summed E-state index contributed by atoms with van der Waals surface area (Å²) in [5.74, 6) is -3.54. The average molecular weight is 487 g/mol. The highest BCUT2D eigenvalue weighted by atomic mass is 79.9. The number of anilines is 2. The van der Waals surface area contributed by atoms with Crippen molar-refractivity contribution in [3.63, 3.8) is 0 Å². The summed E-state index contributed by atoms with van der Waals surface area (Å²) in [6, 6.07) is 11.1. The Morgan fingerprint density at radius 2 is 1.84 bits per heavy atom. The van der Waals surface area contributed by atoms with Crippen LogP contribution in [-0.2, 0) is 19.1 Å². The number of hydrogen-bond donors (Lipinski definition) is 0. The van der Waals surface area contributed by atoms with E-state index in [-0.39, 0.29) is 18.0 Å². The summed E-state index contributed by atoms with van der Waals surface area (Å²) < 4.78 is 5.82. The van der Waals surface area contributed by atoms with Gasteiger partial charge < -0.3 is 4.74 Å². The molecule has 0 radical (unpaired) electrons. The van der Waals surface area contributed by atoms with E-state index < -0.39 is 40.4 Å². The molecule has 0 unspecified atom stereocenters. The number of esters is 1. The third-order valence-electron chi connectivity index (χ3n) is 4.94. The van der Waals surface area contributed by atoms with E-state index >= 15 is 0 Å². The fourth-order valence-corrected chi connectivity index (χ4v) is 3.90. The highest BCUT2D eigenvalue weighted by Gasteiger charge is 2.59. The lowest BCUT2D eigenvalue weighted by Crippen LogP contribution is -2.39. The van der Waals surface area contributed by atoms with Gasteiger partial charge in [-0.1, -0.05) is 28.1 Å². The minimum atomic E-state index is -1.24. The van der Waals surface area contributed by atoms with Crippen molar-refractivity contribution >= 4 is 56.5 Å². The predicted molar refractivity (Wildman–Crippen MR) is 114 cm³/mol. The molecule has 1 fully saturated rings. The van der Waals surface area contributed by atoms with Crippen LogP contribution in [0.4, 0.5) is 17.1 Å². The van der Waals surface area contributed by atoms with Crippen LogP contribution >= 0.6 is 15.9 Å². The highest BCUT2D eigenvalue weighted by molar-refractivity contribution is 9.10. The van der Waals surface area contributed by atoms with Gasteiger partial charge in [0, 0.05) is 10.5 Å². The molecular weight excluding hydrogens is 472 g/mol. The third-order valence-corrected chi connectivity index (χ3v) is 5.47. The van der Waals surface area contributed by atoms with Crippen molar-refractivity contribution in [1.29, 1.82) is 0 Å². The van der Waals surface area contributed by atoms with Crippen molar-refractivity contribution in [2.75, 3.05) is 16.5 Å². The zero-order valence-electron chi connectivity index (χ0n) is 16.1. The van der Waals surface area contributed by atoms with E-state index in [2.05, 4.69) is 21.0 Å². The lowest BCUT2D eigenvalue weighted by atomic mass is 9.98. The van der Waals surface area contributed by atoms with Gasteiger partial charge in [-0.25, -0.2) is 9.69 Å². The van der Waals surface area contributed by atoms with E-state index in [1.807, 2.05) is 0 Å². The molecule has 1 saturated heterocycles. The maximum Gasteiger partial charge on any atom is 0.355 e. The first-order valence-corrected chi connectivity index (χ1v) is 10.1. The summed E-state index contributed by atoms with van der Waals surface area (Å²) in [7, 11) is 0. The number of imide groups is 1. The number of fused-ring (bicyclic) bond motifs is 1. The molecule has 4 rings (SSSR count). The number of ether oxygens (including phenoxy) is 1. The van der Waals surface area contributed by atoms with Gasteiger partial charge in [0.1, 0.15) is 17.6 Å². The Hall–Kier alpha value is -3.60. The van der Waals surface area contributed by atoms with E-state index in [9.17, 15) is 24.5 Å². The number of nitro groups is 1. The normalized spacial score (nSPS) is 20.0. The minimum Gasteiger partial charge on any atom is -0.461 e. The molecule has 11 heteroatoms. The van der Waals surface area contributed by atoms with Gasteiger partial charge in [-0.3, -0.25) is 24.7 Å². The summed E-state index contributed by atoms with van der Waals surface area (Å²) in [5.41, 5.74) is -0.290. The highest BCUT2D eigenvalue weighted by Crippen LogP contribution is 2.40. The molecule has 31 heavy (non-hydrogen) atoms. The van der Waals surface area contributed by atoms with Crippen LogP contribution in [0, 0.1) is 16.0 Å². The number of para-hydroxylation sites is 2. The number of hydrogen-bond acceptors (Lipinski definition) is 8. The first-order valence-electron chi connectivity index (χ1n) is 9.26. The molecule has 2 aromatic carbocycles. The fraction of sp³-hybridized carbons (Fsp3) is 0.200. The summed E-state index contributed by atoms with van der Waals surface area (Å²) in [6.45, 7) is 1.67. The van der Waals surface area contributed by atoms with Gasteiger partial charge >= 0.3 is 5.97 Å². The van der Waals surface area contributed by atoms with E-state index in [1.54, 1.807) is 31.2 Å². The second kappa shape index (κ2) is 7.91. The molecule has 2 aliphatic heterocycles. The second-order valence-electron chi connectivity index (χ2n) is 6.71. The van der Waals surface area contributed by atoms with Gasteiger partial charge in [0.25, 0.3) is 11.6 Å². The van der Waals surface area contributed by atoms with Gasteiger partial charge in [-0.15, -0.1) is 0 Å². The Bertz CT molecular complexity index is 1130. The Morgan fingerprint density at radius 3 is 2.48 bits per heavy atom. The second-order valence-corrected chi connectivity index (χ2v) is 7.62. The van der Waals surface area contributed by atoms with Crippen molar-refractivity contribution in [2.24, 2.45) is 11.0 Å². The van der Waals surface area contributed by atoms with E-state index in [1.165, 1.54) is 29.3 Å². The SMILES string of the molecule is CCOC(=O)C1=NN(c2ccc(Br)cc2)[C@H]2C(=O)N(c3ccccc3[N+](=O)[O-])C(=O)[C@H]12. The molecule has 2 aliphatic rings. The maximum atomic E-state index is 13.4. The molecule has 2 heterocycles. The number of nitrogens with zero attached hydrogens (tertiary/aromatic N) is 4. The largest absolute Gasteiger partial charge is 0.461 e. The van der Waals surface area contributed by atoms with Crippen molar-refractivity contribution < 1.29 is 24.0 Å². The topological polar surface area (TPSA) is 122 Å². The number of carbonyl (C=O) groups excluding carboxylic acids is 3. The first-order chi connectivity index (χ1) is 14.8. The Labute approximate surface area is 184 Å². The molecule has 0 aliphatic carbocycles. The van der Waals surface area contributed by atoms with Crippen LogP contribution in [0.3, 0.4) is 0 Å². The zero-order chi connectivity index (χ0) is 22.3. The molecule has 0 spiro atoms. The Balaban J connectivity index is 1.82. The van der Waals surface area contributed by atoms with Crippen LogP contribution in [0.15, 0.2) is 58.1 Å². The number of hydrazone groups is 1. The lowest BCUT2D eigenvalue weighted by Gasteiger charge is -2.22. The van der Waals surface area contributed by atoms with Crippen LogP contribution in [0.25, 0.3) is 0 Å². The smallest absolute Gasteiger partial charge is 0.355 e. The first kappa shape index (κ1) is 20.7. The summed E-state index contributed by atoms with van der Waals surface area (Å²) in [5, 5.41) is 17.0. The molecule has 0 aromatic heterocycles. The molecule has 2 atom stereocenters. The molecule has 0 N–H and O–H groups in total. The van der Waals surface area contributed by atoms with Gasteiger partial charge in [0.2, 0.25) is 5.91 Å². The Kier molecular flexibility index (Phi) is 5.27. The number of halogens is 1. The lowest BCUT2D eigenvalue weighted by molar-refractivity contribution is -0.384. The van der Waals surface area contributed by atoms with Crippen molar-refractivity contribution in [1.82, 2.24) is 0 Å². The number of nitro benzene ring substituents is 1. The summed E-state index contributed by atoms with van der Waals surface area (Å²) >= 11 is 3.33. The summed E-state index contributed by atoms with van der Waals surface area (Å²) in [4.78, 5) is 50.7. The number of amides is 2.